The minimum absolute atomic E-state index is 0.144. The highest BCUT2D eigenvalue weighted by Crippen LogP contribution is 2.06. The first kappa shape index (κ1) is 12.9. The molecular weight excluding hydrogens is 178 g/mol. The van der Waals surface area contributed by atoms with E-state index in [1.807, 2.05) is 6.08 Å². The molecular formula is C11H19NO2. The number of allylic oxidation sites excluding steroid dienone is 2. The number of hydrogen-bond acceptors (Lipinski definition) is 2. The predicted octanol–water partition coefficient (Wildman–Crippen LogP) is 2.31. The summed E-state index contributed by atoms with van der Waals surface area (Å²) in [5.41, 5.74) is 1.21. The zero-order valence-electron chi connectivity index (χ0n) is 9.25. The van der Waals surface area contributed by atoms with Gasteiger partial charge in [-0.25, -0.2) is 5.06 Å². The smallest absolute Gasteiger partial charge is 0.269 e. The van der Waals surface area contributed by atoms with Gasteiger partial charge in [0.25, 0.3) is 5.91 Å². The maximum absolute atomic E-state index is 11.2. The van der Waals surface area contributed by atoms with Crippen molar-refractivity contribution in [2.75, 3.05) is 14.2 Å². The average molecular weight is 197 g/mol. The molecule has 0 atom stereocenters. The summed E-state index contributed by atoms with van der Waals surface area (Å²) in [6, 6.07) is 0. The predicted molar refractivity (Wildman–Crippen MR) is 57.6 cm³/mol. The van der Waals surface area contributed by atoms with Gasteiger partial charge in [0, 0.05) is 13.1 Å². The Morgan fingerprint density at radius 3 is 2.71 bits per heavy atom. The molecule has 0 aromatic carbocycles. The van der Waals surface area contributed by atoms with E-state index in [2.05, 4.69) is 13.5 Å². The van der Waals surface area contributed by atoms with E-state index in [0.717, 1.165) is 19.3 Å². The van der Waals surface area contributed by atoms with E-state index in [-0.39, 0.29) is 5.91 Å². The summed E-state index contributed by atoms with van der Waals surface area (Å²) in [5, 5.41) is 1.19. The van der Waals surface area contributed by atoms with Gasteiger partial charge in [0.2, 0.25) is 0 Å². The molecule has 0 spiro atoms. The van der Waals surface area contributed by atoms with Gasteiger partial charge in [0.05, 0.1) is 7.11 Å². The van der Waals surface area contributed by atoms with Crippen molar-refractivity contribution in [1.82, 2.24) is 5.06 Å². The van der Waals surface area contributed by atoms with Crippen LogP contribution in [-0.4, -0.2) is 25.1 Å². The third kappa shape index (κ3) is 5.54. The second-order valence-electron chi connectivity index (χ2n) is 3.06. The lowest BCUT2D eigenvalue weighted by Gasteiger charge is -2.09. The van der Waals surface area contributed by atoms with Gasteiger partial charge in [-0.2, -0.15) is 0 Å². The Morgan fingerprint density at radius 1 is 1.57 bits per heavy atom. The molecule has 0 unspecified atom stereocenters. The van der Waals surface area contributed by atoms with E-state index < -0.39 is 0 Å². The van der Waals surface area contributed by atoms with E-state index in [0.29, 0.717) is 0 Å². The lowest BCUT2D eigenvalue weighted by Crippen LogP contribution is -2.22. The minimum Gasteiger partial charge on any atom is -0.274 e. The van der Waals surface area contributed by atoms with E-state index in [9.17, 15) is 4.79 Å². The summed E-state index contributed by atoms with van der Waals surface area (Å²) in [4.78, 5) is 15.9. The molecule has 0 aromatic rings. The number of carbonyl (C=O) groups excluding carboxylic acids is 1. The molecule has 1 amide bonds. The number of carbonyl (C=O) groups is 1. The van der Waals surface area contributed by atoms with E-state index in [1.165, 1.54) is 23.8 Å². The first-order valence-corrected chi connectivity index (χ1v) is 4.76. The Morgan fingerprint density at radius 2 is 2.21 bits per heavy atom. The second-order valence-corrected chi connectivity index (χ2v) is 3.06. The highest BCUT2D eigenvalue weighted by atomic mass is 16.7. The molecule has 0 aliphatic heterocycles. The van der Waals surface area contributed by atoms with E-state index in [1.54, 1.807) is 7.05 Å². The van der Waals surface area contributed by atoms with Crippen molar-refractivity contribution in [1.29, 1.82) is 0 Å². The molecule has 0 aliphatic rings. The van der Waals surface area contributed by atoms with Crippen LogP contribution in [0.2, 0.25) is 0 Å². The number of amides is 1. The van der Waals surface area contributed by atoms with Crippen LogP contribution in [0.3, 0.4) is 0 Å². The first-order valence-electron chi connectivity index (χ1n) is 4.76. The lowest BCUT2D eigenvalue weighted by molar-refractivity contribution is -0.162. The number of hydrogen-bond donors (Lipinski definition) is 0. The van der Waals surface area contributed by atoms with Crippen LogP contribution in [0, 0.1) is 0 Å². The molecule has 0 heterocycles. The molecule has 0 rings (SSSR count). The Kier molecular flexibility index (Phi) is 6.76. The highest BCUT2D eigenvalue weighted by molar-refractivity contribution is 5.86. The molecule has 0 bridgehead atoms. The topological polar surface area (TPSA) is 29.5 Å². The minimum atomic E-state index is -0.144. The fourth-order valence-corrected chi connectivity index (χ4v) is 0.843. The zero-order chi connectivity index (χ0) is 11.0. The fraction of sp³-hybridized carbons (Fsp3) is 0.545. The summed E-state index contributed by atoms with van der Waals surface area (Å²) in [5.74, 6) is -0.144. The summed E-state index contributed by atoms with van der Waals surface area (Å²) >= 11 is 0. The van der Waals surface area contributed by atoms with Gasteiger partial charge in [-0.3, -0.25) is 9.63 Å². The van der Waals surface area contributed by atoms with Gasteiger partial charge < -0.3 is 0 Å². The van der Waals surface area contributed by atoms with Crippen LogP contribution in [0.15, 0.2) is 24.3 Å². The SMILES string of the molecule is C=C(CC)CC/C=C/C(=O)N(C)OC. The van der Waals surface area contributed by atoms with E-state index >= 15 is 0 Å². The van der Waals surface area contributed by atoms with Crippen LogP contribution in [0.25, 0.3) is 0 Å². The molecule has 3 heteroatoms. The van der Waals surface area contributed by atoms with Gasteiger partial charge in [-0.05, 0) is 19.3 Å². The first-order chi connectivity index (χ1) is 6.61. The van der Waals surface area contributed by atoms with Crippen molar-refractivity contribution in [3.8, 4) is 0 Å². The van der Waals surface area contributed by atoms with Crippen molar-refractivity contribution in [3.05, 3.63) is 24.3 Å². The van der Waals surface area contributed by atoms with Crippen LogP contribution in [0.1, 0.15) is 26.2 Å². The van der Waals surface area contributed by atoms with Crippen molar-refractivity contribution >= 4 is 5.91 Å². The molecule has 0 radical (unpaired) electrons. The number of nitrogens with zero attached hydrogens (tertiary/aromatic N) is 1. The second kappa shape index (κ2) is 7.33. The van der Waals surface area contributed by atoms with Gasteiger partial charge in [0.1, 0.15) is 0 Å². The third-order valence-electron chi connectivity index (χ3n) is 2.01. The van der Waals surface area contributed by atoms with E-state index in [4.69, 9.17) is 4.84 Å². The summed E-state index contributed by atoms with van der Waals surface area (Å²) in [6.07, 6.45) is 6.16. The number of hydroxylamine groups is 2. The summed E-state index contributed by atoms with van der Waals surface area (Å²) in [7, 11) is 3.04. The maximum atomic E-state index is 11.2. The van der Waals surface area contributed by atoms with Crippen molar-refractivity contribution in [2.24, 2.45) is 0 Å². The van der Waals surface area contributed by atoms with Crippen molar-refractivity contribution in [3.63, 3.8) is 0 Å². The van der Waals surface area contributed by atoms with Crippen LogP contribution in [0.4, 0.5) is 0 Å². The summed E-state index contributed by atoms with van der Waals surface area (Å²) < 4.78 is 0. The zero-order valence-corrected chi connectivity index (χ0v) is 9.25. The Bertz CT molecular complexity index is 221. The normalized spacial score (nSPS) is 10.5. The molecule has 0 N–H and O–H groups in total. The molecule has 0 saturated heterocycles. The molecule has 14 heavy (non-hydrogen) atoms. The largest absolute Gasteiger partial charge is 0.274 e. The standard InChI is InChI=1S/C11H19NO2/c1-5-10(2)8-6-7-9-11(13)12(3)14-4/h7,9H,2,5-6,8H2,1,3-4H3/b9-7+. The Balaban J connectivity index is 3.72. The fourth-order valence-electron chi connectivity index (χ4n) is 0.843. The monoisotopic (exact) mass is 197 g/mol. The van der Waals surface area contributed by atoms with Crippen molar-refractivity contribution in [2.45, 2.75) is 26.2 Å². The molecule has 0 saturated carbocycles. The van der Waals surface area contributed by atoms with Crippen molar-refractivity contribution < 1.29 is 9.63 Å². The molecule has 80 valence electrons. The van der Waals surface area contributed by atoms with Gasteiger partial charge >= 0.3 is 0 Å². The Labute approximate surface area is 86.0 Å². The highest BCUT2D eigenvalue weighted by Gasteiger charge is 2.00. The van der Waals surface area contributed by atoms with Crippen LogP contribution >= 0.6 is 0 Å². The lowest BCUT2D eigenvalue weighted by atomic mass is 10.1. The van der Waals surface area contributed by atoms with Gasteiger partial charge in [-0.1, -0.05) is 25.2 Å². The van der Waals surface area contributed by atoms with Crippen LogP contribution < -0.4 is 0 Å². The van der Waals surface area contributed by atoms with Gasteiger partial charge in [-0.15, -0.1) is 0 Å². The molecule has 0 aromatic heterocycles. The summed E-state index contributed by atoms with van der Waals surface area (Å²) in [6.45, 7) is 5.97. The molecule has 0 aliphatic carbocycles. The number of rotatable bonds is 6. The molecule has 3 nitrogen and oxygen atoms in total. The quantitative estimate of drug-likeness (QED) is 0.371. The van der Waals surface area contributed by atoms with Crippen LogP contribution in [-0.2, 0) is 9.63 Å². The van der Waals surface area contributed by atoms with Crippen LogP contribution in [0.5, 0.6) is 0 Å². The molecule has 0 fully saturated rings. The van der Waals surface area contributed by atoms with Gasteiger partial charge in [0.15, 0.2) is 0 Å². The average Bonchev–Trinajstić information content (AvgIpc) is 2.22. The number of likely N-dealkylation sites (N-methyl/N-ethyl adjacent to an activating group) is 1. The third-order valence-corrected chi connectivity index (χ3v) is 2.01. The Hall–Kier alpha value is -1.09. The maximum Gasteiger partial charge on any atom is 0.269 e.